The monoisotopic (exact) mass is 339 g/mol. The summed E-state index contributed by atoms with van der Waals surface area (Å²) in [4.78, 5) is 12.3. The Morgan fingerprint density at radius 1 is 1.16 bits per heavy atom. The van der Waals surface area contributed by atoms with E-state index in [-0.39, 0.29) is 12.1 Å². The van der Waals surface area contributed by atoms with Gasteiger partial charge in [-0.15, -0.1) is 10.2 Å². The van der Waals surface area contributed by atoms with Crippen LogP contribution in [0.25, 0.3) is 0 Å². The van der Waals surface area contributed by atoms with Crippen LogP contribution in [-0.4, -0.2) is 27.3 Å². The number of rotatable bonds is 4. The normalized spacial score (nSPS) is 19.0. The summed E-state index contributed by atoms with van der Waals surface area (Å²) in [5, 5.41) is 14.6. The Bertz CT molecular complexity index is 754. The first-order valence-corrected chi connectivity index (χ1v) is 9.34. The van der Waals surface area contributed by atoms with E-state index in [1.165, 1.54) is 17.5 Å². The first kappa shape index (κ1) is 16.1. The SMILES string of the molecule is O=C(NCCc1nnc2n1CCC2)N[C@@H]1CCCCc2ccccc21. The van der Waals surface area contributed by atoms with E-state index >= 15 is 0 Å². The fourth-order valence-corrected chi connectivity index (χ4v) is 3.96. The Balaban J connectivity index is 1.31. The third kappa shape index (κ3) is 3.52. The highest BCUT2D eigenvalue weighted by atomic mass is 16.2. The van der Waals surface area contributed by atoms with E-state index in [0.29, 0.717) is 6.54 Å². The largest absolute Gasteiger partial charge is 0.338 e. The zero-order chi connectivity index (χ0) is 17.1. The van der Waals surface area contributed by atoms with Crippen molar-refractivity contribution in [1.29, 1.82) is 0 Å². The minimum absolute atomic E-state index is 0.0946. The van der Waals surface area contributed by atoms with Gasteiger partial charge in [-0.2, -0.15) is 0 Å². The molecule has 2 aliphatic rings. The molecule has 1 aliphatic carbocycles. The molecular weight excluding hydrogens is 314 g/mol. The zero-order valence-electron chi connectivity index (χ0n) is 14.5. The molecule has 1 aliphatic heterocycles. The van der Waals surface area contributed by atoms with Gasteiger partial charge in [0.1, 0.15) is 11.6 Å². The Kier molecular flexibility index (Phi) is 4.68. The number of carbonyl (C=O) groups is 1. The van der Waals surface area contributed by atoms with Gasteiger partial charge in [-0.05, 0) is 36.8 Å². The number of nitrogens with zero attached hydrogens (tertiary/aromatic N) is 3. The first-order valence-electron chi connectivity index (χ1n) is 9.34. The summed E-state index contributed by atoms with van der Waals surface area (Å²) in [7, 11) is 0. The van der Waals surface area contributed by atoms with E-state index in [2.05, 4.69) is 49.7 Å². The highest BCUT2D eigenvalue weighted by Gasteiger charge is 2.20. The van der Waals surface area contributed by atoms with Crippen molar-refractivity contribution in [2.75, 3.05) is 6.54 Å². The maximum Gasteiger partial charge on any atom is 0.315 e. The number of amides is 2. The van der Waals surface area contributed by atoms with Crippen molar-refractivity contribution >= 4 is 6.03 Å². The number of benzene rings is 1. The van der Waals surface area contributed by atoms with Crippen molar-refractivity contribution in [2.24, 2.45) is 0 Å². The molecule has 1 atom stereocenters. The summed E-state index contributed by atoms with van der Waals surface area (Å²) in [6, 6.07) is 8.48. The van der Waals surface area contributed by atoms with Gasteiger partial charge in [0.25, 0.3) is 0 Å². The van der Waals surface area contributed by atoms with Gasteiger partial charge in [-0.1, -0.05) is 30.7 Å². The van der Waals surface area contributed by atoms with Crippen molar-refractivity contribution in [3.63, 3.8) is 0 Å². The van der Waals surface area contributed by atoms with Gasteiger partial charge in [0.05, 0.1) is 6.04 Å². The predicted octanol–water partition coefficient (Wildman–Crippen LogP) is 2.53. The highest BCUT2D eigenvalue weighted by Crippen LogP contribution is 2.28. The number of hydrogen-bond acceptors (Lipinski definition) is 3. The number of nitrogens with one attached hydrogen (secondary N) is 2. The van der Waals surface area contributed by atoms with Crippen molar-refractivity contribution in [3.8, 4) is 0 Å². The summed E-state index contributed by atoms with van der Waals surface area (Å²) >= 11 is 0. The number of fused-ring (bicyclic) bond motifs is 2. The lowest BCUT2D eigenvalue weighted by atomic mass is 9.99. The second-order valence-electron chi connectivity index (χ2n) is 6.94. The van der Waals surface area contributed by atoms with Gasteiger partial charge in [0, 0.05) is 25.9 Å². The van der Waals surface area contributed by atoms with Gasteiger partial charge in [0.2, 0.25) is 0 Å². The van der Waals surface area contributed by atoms with Crippen LogP contribution in [0.4, 0.5) is 4.79 Å². The molecule has 4 rings (SSSR count). The lowest BCUT2D eigenvalue weighted by molar-refractivity contribution is 0.236. The topological polar surface area (TPSA) is 71.8 Å². The van der Waals surface area contributed by atoms with E-state index in [1.54, 1.807) is 0 Å². The summed E-state index contributed by atoms with van der Waals surface area (Å²) in [6.07, 6.45) is 7.33. The van der Waals surface area contributed by atoms with Crippen LogP contribution >= 0.6 is 0 Å². The summed E-state index contributed by atoms with van der Waals surface area (Å²) in [5.74, 6) is 2.06. The van der Waals surface area contributed by atoms with Crippen LogP contribution in [-0.2, 0) is 25.8 Å². The molecule has 6 nitrogen and oxygen atoms in total. The van der Waals surface area contributed by atoms with Gasteiger partial charge in [-0.25, -0.2) is 4.79 Å². The van der Waals surface area contributed by atoms with Crippen LogP contribution in [0.2, 0.25) is 0 Å². The molecule has 0 radical (unpaired) electrons. The standard InChI is InChI=1S/C19H25N5O/c25-19(20-12-11-18-23-22-17-10-5-13-24(17)18)21-16-9-4-2-7-14-6-1-3-8-15(14)16/h1,3,6,8,16H,2,4-5,7,9-13H2,(H2,20,21,25)/t16-/m1/s1. The van der Waals surface area contributed by atoms with Crippen LogP contribution < -0.4 is 10.6 Å². The van der Waals surface area contributed by atoms with Crippen molar-refractivity contribution in [1.82, 2.24) is 25.4 Å². The molecule has 0 spiro atoms. The molecule has 2 heterocycles. The molecular formula is C19H25N5O. The average Bonchev–Trinajstić information content (AvgIpc) is 3.17. The molecule has 2 aromatic rings. The first-order chi connectivity index (χ1) is 12.3. The highest BCUT2D eigenvalue weighted by molar-refractivity contribution is 5.74. The van der Waals surface area contributed by atoms with Crippen LogP contribution in [0.3, 0.4) is 0 Å². The summed E-state index contributed by atoms with van der Waals surface area (Å²) in [6.45, 7) is 1.58. The van der Waals surface area contributed by atoms with Gasteiger partial charge in [0.15, 0.2) is 0 Å². The molecule has 0 saturated heterocycles. The minimum atomic E-state index is -0.0946. The van der Waals surface area contributed by atoms with Crippen LogP contribution in [0.15, 0.2) is 24.3 Å². The van der Waals surface area contributed by atoms with Crippen molar-refractivity contribution in [3.05, 3.63) is 47.0 Å². The van der Waals surface area contributed by atoms with Gasteiger partial charge in [-0.3, -0.25) is 0 Å². The van der Waals surface area contributed by atoms with E-state index < -0.39 is 0 Å². The molecule has 6 heteroatoms. The molecule has 132 valence electrons. The molecule has 1 aromatic heterocycles. The summed E-state index contributed by atoms with van der Waals surface area (Å²) in [5.41, 5.74) is 2.63. The van der Waals surface area contributed by atoms with Crippen molar-refractivity contribution in [2.45, 2.75) is 57.5 Å². The van der Waals surface area contributed by atoms with E-state index in [1.807, 2.05) is 0 Å². The molecule has 0 saturated carbocycles. The van der Waals surface area contributed by atoms with E-state index in [0.717, 1.165) is 56.7 Å². The lowest BCUT2D eigenvalue weighted by Crippen LogP contribution is -2.39. The molecule has 25 heavy (non-hydrogen) atoms. The van der Waals surface area contributed by atoms with Gasteiger partial charge >= 0.3 is 6.03 Å². The Labute approximate surface area is 148 Å². The fraction of sp³-hybridized carbons (Fsp3) is 0.526. The Morgan fingerprint density at radius 3 is 3.04 bits per heavy atom. The maximum atomic E-state index is 12.3. The number of aryl methyl sites for hydroxylation is 2. The lowest BCUT2D eigenvalue weighted by Gasteiger charge is -2.19. The zero-order valence-corrected chi connectivity index (χ0v) is 14.5. The predicted molar refractivity (Wildman–Crippen MR) is 95.3 cm³/mol. The van der Waals surface area contributed by atoms with E-state index in [4.69, 9.17) is 0 Å². The molecule has 1 aromatic carbocycles. The molecule has 0 fully saturated rings. The van der Waals surface area contributed by atoms with Crippen LogP contribution in [0, 0.1) is 0 Å². The van der Waals surface area contributed by atoms with Crippen LogP contribution in [0.5, 0.6) is 0 Å². The number of aromatic nitrogens is 3. The minimum Gasteiger partial charge on any atom is -0.338 e. The third-order valence-electron chi connectivity index (χ3n) is 5.25. The second-order valence-corrected chi connectivity index (χ2v) is 6.94. The van der Waals surface area contributed by atoms with Crippen LogP contribution in [0.1, 0.15) is 54.5 Å². The molecule has 0 unspecified atom stereocenters. The smallest absolute Gasteiger partial charge is 0.315 e. The maximum absolute atomic E-state index is 12.3. The average molecular weight is 339 g/mol. The quantitative estimate of drug-likeness (QED) is 0.841. The molecule has 2 N–H and O–H groups in total. The molecule has 2 amide bonds. The Hall–Kier alpha value is -2.37. The second kappa shape index (κ2) is 7.25. The number of hydrogen-bond donors (Lipinski definition) is 2. The molecule has 0 bridgehead atoms. The van der Waals surface area contributed by atoms with E-state index in [9.17, 15) is 4.79 Å². The number of urea groups is 1. The third-order valence-corrected chi connectivity index (χ3v) is 5.25. The van der Waals surface area contributed by atoms with Gasteiger partial charge < -0.3 is 15.2 Å². The number of carbonyl (C=O) groups excluding carboxylic acids is 1. The van der Waals surface area contributed by atoms with Crippen molar-refractivity contribution < 1.29 is 4.79 Å². The summed E-state index contributed by atoms with van der Waals surface area (Å²) < 4.78 is 2.18. The fourth-order valence-electron chi connectivity index (χ4n) is 3.96. The Morgan fingerprint density at radius 2 is 2.08 bits per heavy atom.